The van der Waals surface area contributed by atoms with Crippen LogP contribution < -0.4 is 5.32 Å². The summed E-state index contributed by atoms with van der Waals surface area (Å²) in [5.74, 6) is 0. The highest BCUT2D eigenvalue weighted by Gasteiger charge is 1.96. The van der Waals surface area contributed by atoms with Crippen molar-refractivity contribution in [2.45, 2.75) is 38.7 Å². The molecule has 0 aliphatic heterocycles. The summed E-state index contributed by atoms with van der Waals surface area (Å²) in [5.41, 5.74) is 0. The molecule has 2 heteroatoms. The standard InChI is InChI=1S/C7H15O.C2H7N/c1-3-5-6-7(8)4-2;1-3-2/h7-8H,1,3-6H2,2H3;3H,1-2H3. The lowest BCUT2D eigenvalue weighted by atomic mass is 10.1. The van der Waals surface area contributed by atoms with Crippen LogP contribution in [0.5, 0.6) is 0 Å². The molecule has 11 heavy (non-hydrogen) atoms. The molecule has 0 aromatic rings. The number of aliphatic hydroxyl groups is 1. The Hall–Kier alpha value is -0.0800. The van der Waals surface area contributed by atoms with Crippen molar-refractivity contribution < 1.29 is 5.11 Å². The molecule has 0 rings (SSSR count). The molecule has 1 unspecified atom stereocenters. The van der Waals surface area contributed by atoms with E-state index in [0.29, 0.717) is 0 Å². The van der Waals surface area contributed by atoms with E-state index in [4.69, 9.17) is 5.11 Å². The van der Waals surface area contributed by atoms with E-state index in [1.165, 1.54) is 0 Å². The van der Waals surface area contributed by atoms with E-state index in [0.717, 1.165) is 25.7 Å². The molecule has 0 fully saturated rings. The normalized spacial score (nSPS) is 11.7. The summed E-state index contributed by atoms with van der Waals surface area (Å²) in [7, 11) is 3.75. The first-order chi connectivity index (χ1) is 5.22. The molecule has 0 aliphatic rings. The zero-order chi connectivity index (χ0) is 9.11. The quantitative estimate of drug-likeness (QED) is 0.654. The van der Waals surface area contributed by atoms with Crippen molar-refractivity contribution in [3.05, 3.63) is 6.92 Å². The summed E-state index contributed by atoms with van der Waals surface area (Å²) in [6, 6.07) is 0. The zero-order valence-corrected chi connectivity index (χ0v) is 8.06. The van der Waals surface area contributed by atoms with E-state index in [1.54, 1.807) is 0 Å². The predicted octanol–water partition coefficient (Wildman–Crippen LogP) is 1.60. The smallest absolute Gasteiger partial charge is 0.0537 e. The lowest BCUT2D eigenvalue weighted by Crippen LogP contribution is -2.02. The minimum atomic E-state index is -0.0863. The van der Waals surface area contributed by atoms with Gasteiger partial charge in [-0.3, -0.25) is 0 Å². The van der Waals surface area contributed by atoms with Gasteiger partial charge in [-0.25, -0.2) is 0 Å². The van der Waals surface area contributed by atoms with E-state index < -0.39 is 0 Å². The summed E-state index contributed by atoms with van der Waals surface area (Å²) < 4.78 is 0. The van der Waals surface area contributed by atoms with Crippen LogP contribution in [0.2, 0.25) is 0 Å². The van der Waals surface area contributed by atoms with Gasteiger partial charge in [0.05, 0.1) is 6.10 Å². The van der Waals surface area contributed by atoms with Crippen LogP contribution in [0.25, 0.3) is 0 Å². The van der Waals surface area contributed by atoms with Crippen molar-refractivity contribution in [3.63, 3.8) is 0 Å². The summed E-state index contributed by atoms with van der Waals surface area (Å²) in [4.78, 5) is 0. The van der Waals surface area contributed by atoms with Gasteiger partial charge in [-0.1, -0.05) is 26.7 Å². The molecule has 0 amide bonds. The van der Waals surface area contributed by atoms with Gasteiger partial charge in [-0.2, -0.15) is 0 Å². The van der Waals surface area contributed by atoms with E-state index in [-0.39, 0.29) is 6.10 Å². The molecule has 0 aromatic heterocycles. The number of hydrogen-bond donors (Lipinski definition) is 2. The number of rotatable bonds is 4. The molecule has 69 valence electrons. The van der Waals surface area contributed by atoms with Crippen LogP contribution >= 0.6 is 0 Å². The van der Waals surface area contributed by atoms with Crippen molar-refractivity contribution >= 4 is 0 Å². The fourth-order valence-electron chi connectivity index (χ4n) is 0.584. The number of unbranched alkanes of at least 4 members (excludes halogenated alkanes) is 1. The van der Waals surface area contributed by atoms with E-state index in [2.05, 4.69) is 12.2 Å². The fourth-order valence-corrected chi connectivity index (χ4v) is 0.584. The monoisotopic (exact) mass is 160 g/mol. The molecule has 2 N–H and O–H groups in total. The van der Waals surface area contributed by atoms with Crippen LogP contribution in [0, 0.1) is 6.92 Å². The van der Waals surface area contributed by atoms with Crippen molar-refractivity contribution in [1.82, 2.24) is 5.32 Å². The maximum atomic E-state index is 8.96. The van der Waals surface area contributed by atoms with Gasteiger partial charge < -0.3 is 10.4 Å². The summed E-state index contributed by atoms with van der Waals surface area (Å²) >= 11 is 0. The second kappa shape index (κ2) is 12.6. The van der Waals surface area contributed by atoms with Crippen LogP contribution in [0.4, 0.5) is 0 Å². The first-order valence-electron chi connectivity index (χ1n) is 4.28. The molecule has 1 atom stereocenters. The Kier molecular flexibility index (Phi) is 15.4. The van der Waals surface area contributed by atoms with Crippen molar-refractivity contribution in [3.8, 4) is 0 Å². The molecule has 0 aliphatic carbocycles. The van der Waals surface area contributed by atoms with Crippen LogP contribution in [0.3, 0.4) is 0 Å². The molecule has 0 heterocycles. The Morgan fingerprint density at radius 3 is 2.18 bits per heavy atom. The van der Waals surface area contributed by atoms with Crippen LogP contribution in [-0.2, 0) is 0 Å². The van der Waals surface area contributed by atoms with Crippen LogP contribution in [0.15, 0.2) is 0 Å². The minimum Gasteiger partial charge on any atom is -0.393 e. The molecular weight excluding hydrogens is 138 g/mol. The number of aliphatic hydroxyl groups excluding tert-OH is 1. The number of hydrogen-bond acceptors (Lipinski definition) is 2. The summed E-state index contributed by atoms with van der Waals surface area (Å²) in [6.07, 6.45) is 3.70. The number of nitrogens with one attached hydrogen (secondary N) is 1. The topological polar surface area (TPSA) is 32.3 Å². The largest absolute Gasteiger partial charge is 0.393 e. The highest BCUT2D eigenvalue weighted by molar-refractivity contribution is 4.52. The highest BCUT2D eigenvalue weighted by atomic mass is 16.3. The van der Waals surface area contributed by atoms with Crippen molar-refractivity contribution in [2.75, 3.05) is 14.1 Å². The molecular formula is C9H22NO. The predicted molar refractivity (Wildman–Crippen MR) is 50.5 cm³/mol. The third-order valence-corrected chi connectivity index (χ3v) is 1.26. The minimum absolute atomic E-state index is 0.0863. The van der Waals surface area contributed by atoms with Gasteiger partial charge in [0.25, 0.3) is 0 Å². The lowest BCUT2D eigenvalue weighted by molar-refractivity contribution is 0.158. The van der Waals surface area contributed by atoms with Gasteiger partial charge in [0, 0.05) is 0 Å². The van der Waals surface area contributed by atoms with E-state index in [9.17, 15) is 0 Å². The van der Waals surface area contributed by atoms with Gasteiger partial charge >= 0.3 is 0 Å². The maximum absolute atomic E-state index is 8.96. The Morgan fingerprint density at radius 2 is 1.91 bits per heavy atom. The molecule has 0 saturated heterocycles. The zero-order valence-electron chi connectivity index (χ0n) is 8.06. The van der Waals surface area contributed by atoms with Crippen molar-refractivity contribution in [1.29, 1.82) is 0 Å². The van der Waals surface area contributed by atoms with Gasteiger partial charge in [0.2, 0.25) is 0 Å². The van der Waals surface area contributed by atoms with Gasteiger partial charge in [-0.05, 0) is 26.9 Å². The van der Waals surface area contributed by atoms with E-state index in [1.807, 2.05) is 21.0 Å². The Labute approximate surface area is 71.0 Å². The van der Waals surface area contributed by atoms with Gasteiger partial charge in [0.1, 0.15) is 0 Å². The second-order valence-corrected chi connectivity index (χ2v) is 2.56. The summed E-state index contributed by atoms with van der Waals surface area (Å²) in [5, 5.41) is 11.7. The van der Waals surface area contributed by atoms with Gasteiger partial charge in [0.15, 0.2) is 0 Å². The fraction of sp³-hybridized carbons (Fsp3) is 0.889. The van der Waals surface area contributed by atoms with Crippen LogP contribution in [0.1, 0.15) is 32.6 Å². The third-order valence-electron chi connectivity index (χ3n) is 1.26. The Morgan fingerprint density at radius 1 is 1.45 bits per heavy atom. The highest BCUT2D eigenvalue weighted by Crippen LogP contribution is 2.01. The summed E-state index contributed by atoms with van der Waals surface area (Å²) in [6.45, 7) is 5.67. The molecule has 0 aromatic carbocycles. The van der Waals surface area contributed by atoms with E-state index >= 15 is 0 Å². The molecule has 0 spiro atoms. The van der Waals surface area contributed by atoms with Gasteiger partial charge in [-0.15, -0.1) is 0 Å². The SMILES string of the molecule is CNC.[CH2]CCCC(O)CC. The average molecular weight is 160 g/mol. The maximum Gasteiger partial charge on any atom is 0.0537 e. The molecule has 0 bridgehead atoms. The molecule has 2 nitrogen and oxygen atoms in total. The van der Waals surface area contributed by atoms with Crippen LogP contribution in [-0.4, -0.2) is 25.3 Å². The lowest BCUT2D eigenvalue weighted by Gasteiger charge is -2.03. The molecule has 0 saturated carbocycles. The first kappa shape index (κ1) is 13.5. The average Bonchev–Trinajstić information content (AvgIpc) is 2.02. The first-order valence-corrected chi connectivity index (χ1v) is 4.28. The Balaban J connectivity index is 0. The molecule has 1 radical (unpaired) electrons. The third kappa shape index (κ3) is 17.8. The second-order valence-electron chi connectivity index (χ2n) is 2.56. The van der Waals surface area contributed by atoms with Crippen molar-refractivity contribution in [2.24, 2.45) is 0 Å². The Bertz CT molecular complexity index is 57.5.